The molecule has 0 amide bonds. The zero-order chi connectivity index (χ0) is 14.1. The van der Waals surface area contributed by atoms with Crippen molar-refractivity contribution in [2.75, 3.05) is 17.2 Å². The summed E-state index contributed by atoms with van der Waals surface area (Å²) in [7, 11) is 0. The van der Waals surface area contributed by atoms with Crippen LogP contribution in [0.3, 0.4) is 0 Å². The standard InChI is InChI=1S/C15H21N3O2/c1-2-16-12-7-13(9-14(8-12)18(19)20)17-15(10-3-4-10)11-5-6-11/h7-11,15-17H,2-6H2,1H3. The van der Waals surface area contributed by atoms with Crippen LogP contribution in [-0.4, -0.2) is 17.5 Å². The topological polar surface area (TPSA) is 67.2 Å². The van der Waals surface area contributed by atoms with Gasteiger partial charge in [-0.15, -0.1) is 0 Å². The maximum Gasteiger partial charge on any atom is 0.273 e. The highest BCUT2D eigenvalue weighted by Gasteiger charge is 2.41. The van der Waals surface area contributed by atoms with Gasteiger partial charge in [0.1, 0.15) is 0 Å². The molecule has 108 valence electrons. The highest BCUT2D eigenvalue weighted by Crippen LogP contribution is 2.46. The Morgan fingerprint density at radius 1 is 1.20 bits per heavy atom. The van der Waals surface area contributed by atoms with Crippen LogP contribution in [0.2, 0.25) is 0 Å². The van der Waals surface area contributed by atoms with Gasteiger partial charge >= 0.3 is 0 Å². The number of nitrogens with zero attached hydrogens (tertiary/aromatic N) is 1. The number of nitrogens with one attached hydrogen (secondary N) is 2. The Labute approximate surface area is 118 Å². The van der Waals surface area contributed by atoms with Crippen molar-refractivity contribution in [3.8, 4) is 0 Å². The molecule has 20 heavy (non-hydrogen) atoms. The van der Waals surface area contributed by atoms with Gasteiger partial charge in [-0.2, -0.15) is 0 Å². The lowest BCUT2D eigenvalue weighted by Gasteiger charge is -2.19. The fourth-order valence-corrected chi connectivity index (χ4v) is 2.83. The monoisotopic (exact) mass is 275 g/mol. The average Bonchev–Trinajstić information content (AvgIpc) is 3.28. The van der Waals surface area contributed by atoms with E-state index in [0.717, 1.165) is 29.8 Å². The van der Waals surface area contributed by atoms with Gasteiger partial charge in [0, 0.05) is 36.1 Å². The van der Waals surface area contributed by atoms with Crippen LogP contribution in [0.5, 0.6) is 0 Å². The van der Waals surface area contributed by atoms with Crippen LogP contribution in [0, 0.1) is 22.0 Å². The summed E-state index contributed by atoms with van der Waals surface area (Å²) in [5.74, 6) is 1.54. The van der Waals surface area contributed by atoms with E-state index in [1.165, 1.54) is 25.7 Å². The molecule has 2 N–H and O–H groups in total. The minimum Gasteiger partial charge on any atom is -0.385 e. The quantitative estimate of drug-likeness (QED) is 0.589. The predicted octanol–water partition coefficient (Wildman–Crippen LogP) is 3.63. The van der Waals surface area contributed by atoms with Crippen molar-refractivity contribution in [1.82, 2.24) is 0 Å². The van der Waals surface area contributed by atoms with E-state index in [1.807, 2.05) is 13.0 Å². The highest BCUT2D eigenvalue weighted by molar-refractivity contribution is 5.64. The molecule has 0 radical (unpaired) electrons. The molecule has 2 aliphatic carbocycles. The van der Waals surface area contributed by atoms with E-state index in [1.54, 1.807) is 12.1 Å². The SMILES string of the molecule is CCNc1cc(NC(C2CC2)C2CC2)cc([N+](=O)[O-])c1. The molecule has 0 spiro atoms. The number of anilines is 2. The number of non-ortho nitro benzene ring substituents is 1. The number of hydrogen-bond acceptors (Lipinski definition) is 4. The second-order valence-electron chi connectivity index (χ2n) is 5.90. The third-order valence-electron chi connectivity index (χ3n) is 4.10. The molecular weight excluding hydrogens is 254 g/mol. The Morgan fingerprint density at radius 3 is 2.30 bits per heavy atom. The van der Waals surface area contributed by atoms with Crippen LogP contribution in [0.4, 0.5) is 17.1 Å². The molecule has 1 aromatic rings. The Balaban J connectivity index is 1.81. The zero-order valence-electron chi connectivity index (χ0n) is 11.8. The second kappa shape index (κ2) is 5.31. The normalized spacial score (nSPS) is 18.1. The van der Waals surface area contributed by atoms with Gasteiger partial charge in [-0.05, 0) is 50.5 Å². The number of nitro benzene ring substituents is 1. The molecule has 2 saturated carbocycles. The lowest BCUT2D eigenvalue weighted by molar-refractivity contribution is -0.384. The third kappa shape index (κ3) is 3.03. The molecule has 0 aromatic heterocycles. The molecule has 0 saturated heterocycles. The van der Waals surface area contributed by atoms with Crippen LogP contribution in [0.25, 0.3) is 0 Å². The minimum atomic E-state index is -0.324. The van der Waals surface area contributed by atoms with Gasteiger partial charge in [-0.1, -0.05) is 0 Å². The molecule has 0 aliphatic heterocycles. The summed E-state index contributed by atoms with van der Waals surface area (Å²) in [6.07, 6.45) is 5.18. The fourth-order valence-electron chi connectivity index (χ4n) is 2.83. The third-order valence-corrected chi connectivity index (χ3v) is 4.10. The molecule has 5 nitrogen and oxygen atoms in total. The van der Waals surface area contributed by atoms with Gasteiger partial charge in [-0.3, -0.25) is 10.1 Å². The second-order valence-corrected chi connectivity index (χ2v) is 5.90. The van der Waals surface area contributed by atoms with Crippen molar-refractivity contribution in [3.05, 3.63) is 28.3 Å². The first-order valence-electron chi connectivity index (χ1n) is 7.47. The molecule has 0 unspecified atom stereocenters. The van der Waals surface area contributed by atoms with E-state index in [0.29, 0.717) is 6.04 Å². The lowest BCUT2D eigenvalue weighted by atomic mass is 10.1. The maximum absolute atomic E-state index is 11.0. The van der Waals surface area contributed by atoms with Gasteiger partial charge in [0.15, 0.2) is 0 Å². The molecule has 3 rings (SSSR count). The van der Waals surface area contributed by atoms with Gasteiger partial charge in [0.05, 0.1) is 4.92 Å². The van der Waals surface area contributed by atoms with Crippen LogP contribution in [-0.2, 0) is 0 Å². The summed E-state index contributed by atoms with van der Waals surface area (Å²) in [5, 5.41) is 17.8. The first-order valence-corrected chi connectivity index (χ1v) is 7.47. The average molecular weight is 275 g/mol. The van der Waals surface area contributed by atoms with Crippen LogP contribution >= 0.6 is 0 Å². The van der Waals surface area contributed by atoms with Gasteiger partial charge < -0.3 is 10.6 Å². The van der Waals surface area contributed by atoms with Gasteiger partial charge in [0.2, 0.25) is 0 Å². The number of rotatable bonds is 7. The summed E-state index contributed by atoms with van der Waals surface area (Å²) in [6, 6.07) is 5.73. The van der Waals surface area contributed by atoms with E-state index in [9.17, 15) is 10.1 Å². The number of benzene rings is 1. The van der Waals surface area contributed by atoms with Crippen molar-refractivity contribution in [2.24, 2.45) is 11.8 Å². The van der Waals surface area contributed by atoms with Gasteiger partial charge in [-0.25, -0.2) is 0 Å². The first kappa shape index (κ1) is 13.2. The van der Waals surface area contributed by atoms with Crippen molar-refractivity contribution < 1.29 is 4.92 Å². The Kier molecular flexibility index (Phi) is 3.51. The Morgan fingerprint density at radius 2 is 1.80 bits per heavy atom. The summed E-state index contributed by atoms with van der Waals surface area (Å²) in [5.41, 5.74) is 1.84. The molecule has 5 heteroatoms. The Hall–Kier alpha value is -1.78. The van der Waals surface area contributed by atoms with Crippen LogP contribution < -0.4 is 10.6 Å². The van der Waals surface area contributed by atoms with Crippen molar-refractivity contribution in [2.45, 2.75) is 38.6 Å². The molecule has 0 heterocycles. The van der Waals surface area contributed by atoms with E-state index in [-0.39, 0.29) is 10.6 Å². The van der Waals surface area contributed by atoms with E-state index >= 15 is 0 Å². The zero-order valence-corrected chi connectivity index (χ0v) is 11.8. The molecule has 1 aromatic carbocycles. The summed E-state index contributed by atoms with van der Waals surface area (Å²) < 4.78 is 0. The van der Waals surface area contributed by atoms with E-state index in [2.05, 4.69) is 10.6 Å². The first-order chi connectivity index (χ1) is 9.67. The summed E-state index contributed by atoms with van der Waals surface area (Å²) >= 11 is 0. The van der Waals surface area contributed by atoms with E-state index < -0.39 is 0 Å². The predicted molar refractivity (Wildman–Crippen MR) is 80.1 cm³/mol. The highest BCUT2D eigenvalue weighted by atomic mass is 16.6. The molecular formula is C15H21N3O2. The van der Waals surface area contributed by atoms with Crippen LogP contribution in [0.15, 0.2) is 18.2 Å². The van der Waals surface area contributed by atoms with E-state index in [4.69, 9.17) is 0 Å². The summed E-state index contributed by atoms with van der Waals surface area (Å²) in [6.45, 7) is 2.75. The maximum atomic E-state index is 11.0. The molecule has 0 bridgehead atoms. The Bertz CT molecular complexity index is 498. The van der Waals surface area contributed by atoms with Crippen molar-refractivity contribution in [1.29, 1.82) is 0 Å². The lowest BCUT2D eigenvalue weighted by Crippen LogP contribution is -2.24. The fraction of sp³-hybridized carbons (Fsp3) is 0.600. The minimum absolute atomic E-state index is 0.149. The van der Waals surface area contributed by atoms with Crippen LogP contribution in [0.1, 0.15) is 32.6 Å². The summed E-state index contributed by atoms with van der Waals surface area (Å²) in [4.78, 5) is 10.7. The molecule has 0 atom stereocenters. The molecule has 2 fully saturated rings. The smallest absolute Gasteiger partial charge is 0.273 e. The van der Waals surface area contributed by atoms with Gasteiger partial charge in [0.25, 0.3) is 5.69 Å². The van der Waals surface area contributed by atoms with Crippen molar-refractivity contribution in [3.63, 3.8) is 0 Å². The largest absolute Gasteiger partial charge is 0.385 e. The van der Waals surface area contributed by atoms with Crippen molar-refractivity contribution >= 4 is 17.1 Å². The molecule has 2 aliphatic rings. The number of hydrogen-bond donors (Lipinski definition) is 2. The number of nitro groups is 1.